The summed E-state index contributed by atoms with van der Waals surface area (Å²) < 4.78 is 19.1. The lowest BCUT2D eigenvalue weighted by Gasteiger charge is -2.44. The topological polar surface area (TPSA) is 65.1 Å². The molecule has 2 atom stereocenters. The normalized spacial score (nSPS) is 18.8. The molecule has 1 saturated heterocycles. The zero-order valence-corrected chi connectivity index (χ0v) is 21.5. The third-order valence-electron chi connectivity index (χ3n) is 6.24. The molecule has 0 spiro atoms. The van der Waals surface area contributed by atoms with E-state index in [4.69, 9.17) is 16.3 Å². The molecule has 1 aliphatic heterocycles. The third kappa shape index (κ3) is 7.65. The molecule has 1 heterocycles. The molecule has 0 aliphatic carbocycles. The highest BCUT2D eigenvalue weighted by Crippen LogP contribution is 2.24. The van der Waals surface area contributed by atoms with Crippen molar-refractivity contribution in [3.8, 4) is 5.75 Å². The van der Waals surface area contributed by atoms with Gasteiger partial charge in [-0.25, -0.2) is 4.39 Å². The summed E-state index contributed by atoms with van der Waals surface area (Å²) in [6.45, 7) is 7.76. The summed E-state index contributed by atoms with van der Waals surface area (Å²) in [4.78, 5) is 30.8. The molecule has 35 heavy (non-hydrogen) atoms. The summed E-state index contributed by atoms with van der Waals surface area (Å²) in [6.07, 6.45) is 0. The van der Waals surface area contributed by atoms with Crippen molar-refractivity contribution in [2.75, 3.05) is 46.9 Å². The zero-order chi connectivity index (χ0) is 25.5. The third-order valence-corrected chi connectivity index (χ3v) is 6.48. The van der Waals surface area contributed by atoms with Crippen LogP contribution in [0, 0.1) is 5.82 Å². The second-order valence-electron chi connectivity index (χ2n) is 9.23. The van der Waals surface area contributed by atoms with Crippen molar-refractivity contribution in [2.24, 2.45) is 0 Å². The van der Waals surface area contributed by atoms with E-state index in [-0.39, 0.29) is 30.0 Å². The predicted octanol–water partition coefficient (Wildman–Crippen LogP) is 3.27. The number of amides is 2. The first kappa shape index (κ1) is 26.9. The van der Waals surface area contributed by atoms with E-state index < -0.39 is 0 Å². The van der Waals surface area contributed by atoms with Crippen molar-refractivity contribution in [1.29, 1.82) is 0 Å². The Morgan fingerprint density at radius 2 is 1.83 bits per heavy atom. The van der Waals surface area contributed by atoms with Gasteiger partial charge in [0.25, 0.3) is 11.8 Å². The predicted molar refractivity (Wildman–Crippen MR) is 135 cm³/mol. The minimum atomic E-state index is -0.278. The van der Waals surface area contributed by atoms with E-state index in [9.17, 15) is 14.0 Å². The number of ether oxygens (including phenoxy) is 1. The summed E-state index contributed by atoms with van der Waals surface area (Å²) in [6, 6.07) is 12.1. The molecular formula is C26H34ClFN4O3. The summed E-state index contributed by atoms with van der Waals surface area (Å²) >= 11 is 6.07. The molecule has 7 nitrogen and oxygen atoms in total. The number of hydrogen-bond acceptors (Lipinski definition) is 5. The highest BCUT2D eigenvalue weighted by molar-refractivity contribution is 6.30. The largest absolute Gasteiger partial charge is 0.483 e. The summed E-state index contributed by atoms with van der Waals surface area (Å²) in [5, 5.41) is 3.38. The number of carbonyl (C=O) groups is 2. The van der Waals surface area contributed by atoms with Gasteiger partial charge in [0.2, 0.25) is 0 Å². The van der Waals surface area contributed by atoms with E-state index in [1.54, 1.807) is 44.4 Å². The van der Waals surface area contributed by atoms with Gasteiger partial charge in [0.1, 0.15) is 11.6 Å². The first-order valence-corrected chi connectivity index (χ1v) is 12.1. The minimum absolute atomic E-state index is 0.178. The lowest BCUT2D eigenvalue weighted by atomic mass is 10.1. The van der Waals surface area contributed by atoms with Gasteiger partial charge in [-0.05, 0) is 49.7 Å². The van der Waals surface area contributed by atoms with Crippen LogP contribution in [-0.4, -0.2) is 85.5 Å². The van der Waals surface area contributed by atoms with Gasteiger partial charge in [0.15, 0.2) is 6.61 Å². The van der Waals surface area contributed by atoms with Crippen LogP contribution >= 0.6 is 11.6 Å². The van der Waals surface area contributed by atoms with E-state index in [0.29, 0.717) is 42.3 Å². The standard InChI is InChI=1S/C26H34ClFN4O3/c1-18-15-32(16-20-6-5-7-22(28)12-20)19(2)14-31(18)11-10-29-26(34)23-9-8-21(27)13-24(23)35-17-25(33)30(3)4/h5-9,12-13,18-19H,10-11,14-17H2,1-4H3,(H,29,34). The fourth-order valence-corrected chi connectivity index (χ4v) is 4.31. The Bertz CT molecular complexity index is 1040. The maximum Gasteiger partial charge on any atom is 0.259 e. The number of hydrogen-bond donors (Lipinski definition) is 1. The molecule has 0 radical (unpaired) electrons. The number of halogens is 2. The number of nitrogens with one attached hydrogen (secondary N) is 1. The first-order chi connectivity index (χ1) is 16.6. The molecule has 1 fully saturated rings. The van der Waals surface area contributed by atoms with Crippen LogP contribution < -0.4 is 10.1 Å². The fourth-order valence-electron chi connectivity index (χ4n) is 4.15. The van der Waals surface area contributed by atoms with Crippen molar-refractivity contribution < 1.29 is 18.7 Å². The molecule has 1 aliphatic rings. The van der Waals surface area contributed by atoms with Crippen LogP contribution in [0.1, 0.15) is 29.8 Å². The molecule has 2 aromatic rings. The van der Waals surface area contributed by atoms with Gasteiger partial charge < -0.3 is 15.0 Å². The Morgan fingerprint density at radius 3 is 2.54 bits per heavy atom. The Morgan fingerprint density at radius 1 is 1.11 bits per heavy atom. The Labute approximate surface area is 211 Å². The smallest absolute Gasteiger partial charge is 0.259 e. The lowest BCUT2D eigenvalue weighted by molar-refractivity contribution is -0.130. The zero-order valence-electron chi connectivity index (χ0n) is 20.8. The first-order valence-electron chi connectivity index (χ1n) is 11.8. The van der Waals surface area contributed by atoms with Crippen molar-refractivity contribution >= 4 is 23.4 Å². The number of carbonyl (C=O) groups excluding carboxylic acids is 2. The molecule has 2 amide bonds. The van der Waals surface area contributed by atoms with Gasteiger partial charge in [-0.1, -0.05) is 23.7 Å². The molecule has 3 rings (SSSR count). The molecule has 190 valence electrons. The number of benzene rings is 2. The highest BCUT2D eigenvalue weighted by atomic mass is 35.5. The van der Waals surface area contributed by atoms with Crippen LogP contribution in [0.3, 0.4) is 0 Å². The van der Waals surface area contributed by atoms with Crippen LogP contribution in [0.25, 0.3) is 0 Å². The maximum absolute atomic E-state index is 13.5. The van der Waals surface area contributed by atoms with E-state index in [2.05, 4.69) is 29.0 Å². The average Bonchev–Trinajstić information content (AvgIpc) is 2.80. The van der Waals surface area contributed by atoms with Gasteiger partial charge in [-0.15, -0.1) is 0 Å². The molecule has 0 aromatic heterocycles. The molecule has 1 N–H and O–H groups in total. The Balaban J connectivity index is 1.52. The number of nitrogens with zero attached hydrogens (tertiary/aromatic N) is 3. The average molecular weight is 505 g/mol. The fraction of sp³-hybridized carbons (Fsp3) is 0.462. The van der Waals surface area contributed by atoms with E-state index in [1.807, 2.05) is 6.07 Å². The lowest BCUT2D eigenvalue weighted by Crippen LogP contribution is -2.57. The number of rotatable bonds is 9. The molecule has 0 bridgehead atoms. The molecule has 0 saturated carbocycles. The van der Waals surface area contributed by atoms with Crippen LogP contribution in [0.4, 0.5) is 4.39 Å². The Kier molecular flexibility index (Phi) is 9.48. The highest BCUT2D eigenvalue weighted by Gasteiger charge is 2.28. The van der Waals surface area contributed by atoms with Crippen molar-refractivity contribution in [3.63, 3.8) is 0 Å². The number of piperazine rings is 1. The van der Waals surface area contributed by atoms with Crippen LogP contribution in [0.5, 0.6) is 5.75 Å². The van der Waals surface area contributed by atoms with Crippen LogP contribution in [0.15, 0.2) is 42.5 Å². The van der Waals surface area contributed by atoms with Gasteiger partial charge in [0.05, 0.1) is 5.56 Å². The van der Waals surface area contributed by atoms with Gasteiger partial charge >= 0.3 is 0 Å². The van der Waals surface area contributed by atoms with Crippen molar-refractivity contribution in [3.05, 3.63) is 64.4 Å². The molecular weight excluding hydrogens is 471 g/mol. The van der Waals surface area contributed by atoms with Gasteiger partial charge in [0, 0.05) is 63.9 Å². The second-order valence-corrected chi connectivity index (χ2v) is 9.66. The van der Waals surface area contributed by atoms with Crippen LogP contribution in [0.2, 0.25) is 5.02 Å². The molecule has 9 heteroatoms. The minimum Gasteiger partial charge on any atom is -0.483 e. The van der Waals surface area contributed by atoms with Crippen molar-refractivity contribution in [1.82, 2.24) is 20.0 Å². The number of likely N-dealkylation sites (N-methyl/N-ethyl adjacent to an activating group) is 1. The van der Waals surface area contributed by atoms with Crippen molar-refractivity contribution in [2.45, 2.75) is 32.5 Å². The summed E-state index contributed by atoms with van der Waals surface area (Å²) in [5.41, 5.74) is 1.31. The molecule has 2 aromatic carbocycles. The summed E-state index contributed by atoms with van der Waals surface area (Å²) in [7, 11) is 3.28. The SMILES string of the molecule is CC1CN(Cc2cccc(F)c2)C(C)CN1CCNC(=O)c1ccc(Cl)cc1OCC(=O)N(C)C. The maximum atomic E-state index is 13.5. The van der Waals surface area contributed by atoms with E-state index in [1.165, 1.54) is 11.0 Å². The van der Waals surface area contributed by atoms with E-state index in [0.717, 1.165) is 18.7 Å². The second kappa shape index (κ2) is 12.3. The van der Waals surface area contributed by atoms with E-state index >= 15 is 0 Å². The monoisotopic (exact) mass is 504 g/mol. The summed E-state index contributed by atoms with van der Waals surface area (Å²) in [5.74, 6) is -0.426. The van der Waals surface area contributed by atoms with Gasteiger partial charge in [-0.2, -0.15) is 0 Å². The van der Waals surface area contributed by atoms with Gasteiger partial charge in [-0.3, -0.25) is 19.4 Å². The molecule has 2 unspecified atom stereocenters. The Hall–Kier alpha value is -2.68. The van der Waals surface area contributed by atoms with Crippen LogP contribution in [-0.2, 0) is 11.3 Å². The quantitative estimate of drug-likeness (QED) is 0.568.